The Morgan fingerprint density at radius 2 is 1.85 bits per heavy atom. The number of hydrogen-bond donors (Lipinski definition) is 0. The van der Waals surface area contributed by atoms with Crippen molar-refractivity contribution in [2.45, 2.75) is 12.8 Å². The van der Waals surface area contributed by atoms with E-state index in [9.17, 15) is 4.79 Å². The van der Waals surface area contributed by atoms with Gasteiger partial charge in [-0.05, 0) is 23.4 Å². The summed E-state index contributed by atoms with van der Waals surface area (Å²) in [5.74, 6) is 0.292. The minimum atomic E-state index is 0.292. The van der Waals surface area contributed by atoms with Gasteiger partial charge in [0.25, 0.3) is 0 Å². The Kier molecular flexibility index (Phi) is 2.74. The Balaban J connectivity index is 1.98. The predicted molar refractivity (Wildman–Crippen MR) is 79.6 cm³/mol. The van der Waals surface area contributed by atoms with E-state index in [0.29, 0.717) is 12.2 Å². The fraction of sp³-hybridized carbons (Fsp3) is 0.353. The summed E-state index contributed by atoms with van der Waals surface area (Å²) in [6.45, 7) is 3.36. The standard InChI is InChI=1S/C17H17NO2/c19-16-6-5-14-15(16)11-12-3-1-2-4-13(12)17(14)18-7-9-20-10-8-18/h1-4,11H,5-10H2. The Morgan fingerprint density at radius 3 is 2.70 bits per heavy atom. The van der Waals surface area contributed by atoms with Gasteiger partial charge in [-0.3, -0.25) is 4.79 Å². The van der Waals surface area contributed by atoms with E-state index in [-0.39, 0.29) is 0 Å². The van der Waals surface area contributed by atoms with Gasteiger partial charge in [-0.15, -0.1) is 0 Å². The Bertz CT molecular complexity index is 687. The number of fused-ring (bicyclic) bond motifs is 2. The number of anilines is 1. The lowest BCUT2D eigenvalue weighted by Crippen LogP contribution is -2.37. The van der Waals surface area contributed by atoms with Gasteiger partial charge in [-0.1, -0.05) is 24.3 Å². The third-order valence-electron chi connectivity index (χ3n) is 4.36. The van der Waals surface area contributed by atoms with Gasteiger partial charge in [0, 0.05) is 36.1 Å². The zero-order chi connectivity index (χ0) is 13.5. The maximum absolute atomic E-state index is 12.1. The first kappa shape index (κ1) is 11.9. The minimum absolute atomic E-state index is 0.292. The topological polar surface area (TPSA) is 29.5 Å². The lowest BCUT2D eigenvalue weighted by atomic mass is 9.98. The van der Waals surface area contributed by atoms with Crippen LogP contribution >= 0.6 is 0 Å². The van der Waals surface area contributed by atoms with Crippen LogP contribution in [0.4, 0.5) is 5.69 Å². The molecule has 1 aliphatic carbocycles. The average molecular weight is 267 g/mol. The second kappa shape index (κ2) is 4.60. The molecule has 2 aromatic carbocycles. The lowest BCUT2D eigenvalue weighted by molar-refractivity contribution is 0.0994. The number of ketones is 1. The van der Waals surface area contributed by atoms with Crippen molar-refractivity contribution in [3.05, 3.63) is 41.5 Å². The van der Waals surface area contributed by atoms with Gasteiger partial charge in [0.15, 0.2) is 5.78 Å². The van der Waals surface area contributed by atoms with Crippen LogP contribution < -0.4 is 4.90 Å². The normalized spacial score (nSPS) is 18.6. The Hall–Kier alpha value is -1.87. The molecule has 0 aromatic heterocycles. The van der Waals surface area contributed by atoms with Gasteiger partial charge in [-0.2, -0.15) is 0 Å². The Labute approximate surface area is 118 Å². The summed E-state index contributed by atoms with van der Waals surface area (Å²) in [5.41, 5.74) is 3.45. The fourth-order valence-corrected chi connectivity index (χ4v) is 3.39. The number of carbonyl (C=O) groups excluding carboxylic acids is 1. The van der Waals surface area contributed by atoms with E-state index in [1.54, 1.807) is 0 Å². The van der Waals surface area contributed by atoms with Gasteiger partial charge < -0.3 is 9.64 Å². The predicted octanol–water partition coefficient (Wildman–Crippen LogP) is 2.81. The molecule has 102 valence electrons. The van der Waals surface area contributed by atoms with Crippen LogP contribution in [0.3, 0.4) is 0 Å². The molecule has 0 N–H and O–H groups in total. The molecule has 0 amide bonds. The average Bonchev–Trinajstić information content (AvgIpc) is 2.87. The molecule has 20 heavy (non-hydrogen) atoms. The highest BCUT2D eigenvalue weighted by molar-refractivity contribution is 6.09. The number of nitrogens with zero attached hydrogens (tertiary/aromatic N) is 1. The minimum Gasteiger partial charge on any atom is -0.378 e. The molecule has 1 aliphatic heterocycles. The third-order valence-corrected chi connectivity index (χ3v) is 4.36. The molecule has 0 unspecified atom stereocenters. The van der Waals surface area contributed by atoms with Crippen LogP contribution in [0.5, 0.6) is 0 Å². The maximum atomic E-state index is 12.1. The molecule has 3 heteroatoms. The van der Waals surface area contributed by atoms with Crippen LogP contribution in [0.2, 0.25) is 0 Å². The van der Waals surface area contributed by atoms with Crippen LogP contribution in [0, 0.1) is 0 Å². The van der Waals surface area contributed by atoms with Crippen molar-refractivity contribution in [1.29, 1.82) is 0 Å². The highest BCUT2D eigenvalue weighted by Gasteiger charge is 2.27. The quantitative estimate of drug-likeness (QED) is 0.795. The molecule has 0 bridgehead atoms. The molecule has 0 spiro atoms. The summed E-state index contributed by atoms with van der Waals surface area (Å²) >= 11 is 0. The molecular weight excluding hydrogens is 250 g/mol. The number of ether oxygens (including phenoxy) is 1. The summed E-state index contributed by atoms with van der Waals surface area (Å²) in [6.07, 6.45) is 1.54. The molecule has 2 aliphatic rings. The zero-order valence-electron chi connectivity index (χ0n) is 11.4. The summed E-state index contributed by atoms with van der Waals surface area (Å²) < 4.78 is 5.47. The highest BCUT2D eigenvalue weighted by atomic mass is 16.5. The smallest absolute Gasteiger partial charge is 0.163 e. The van der Waals surface area contributed by atoms with Gasteiger partial charge in [0.2, 0.25) is 0 Å². The van der Waals surface area contributed by atoms with E-state index in [0.717, 1.165) is 38.3 Å². The molecule has 0 atom stereocenters. The zero-order valence-corrected chi connectivity index (χ0v) is 11.4. The van der Waals surface area contributed by atoms with E-state index in [2.05, 4.69) is 29.2 Å². The number of carbonyl (C=O) groups is 1. The van der Waals surface area contributed by atoms with Crippen molar-refractivity contribution < 1.29 is 9.53 Å². The molecule has 0 radical (unpaired) electrons. The van der Waals surface area contributed by atoms with Gasteiger partial charge in [0.05, 0.1) is 13.2 Å². The summed E-state index contributed by atoms with van der Waals surface area (Å²) in [7, 11) is 0. The third kappa shape index (κ3) is 1.74. The van der Waals surface area contributed by atoms with Gasteiger partial charge in [-0.25, -0.2) is 0 Å². The van der Waals surface area contributed by atoms with E-state index in [1.165, 1.54) is 22.0 Å². The number of rotatable bonds is 1. The molecule has 2 aromatic rings. The number of benzene rings is 2. The largest absolute Gasteiger partial charge is 0.378 e. The van der Waals surface area contributed by atoms with E-state index >= 15 is 0 Å². The van der Waals surface area contributed by atoms with Crippen LogP contribution in [0.1, 0.15) is 22.3 Å². The molecule has 1 heterocycles. The van der Waals surface area contributed by atoms with Crippen molar-refractivity contribution in [2.75, 3.05) is 31.2 Å². The maximum Gasteiger partial charge on any atom is 0.163 e. The molecule has 0 saturated carbocycles. The highest BCUT2D eigenvalue weighted by Crippen LogP contribution is 2.38. The fourth-order valence-electron chi connectivity index (χ4n) is 3.39. The first-order chi connectivity index (χ1) is 9.84. The van der Waals surface area contributed by atoms with Crippen LogP contribution in [0.15, 0.2) is 30.3 Å². The lowest BCUT2D eigenvalue weighted by Gasteiger charge is -2.31. The van der Waals surface area contributed by atoms with Gasteiger partial charge in [0.1, 0.15) is 0 Å². The van der Waals surface area contributed by atoms with Crippen molar-refractivity contribution in [3.8, 4) is 0 Å². The van der Waals surface area contributed by atoms with Gasteiger partial charge >= 0.3 is 0 Å². The van der Waals surface area contributed by atoms with E-state index in [1.807, 2.05) is 6.07 Å². The summed E-state index contributed by atoms with van der Waals surface area (Å²) in [6, 6.07) is 10.5. The molecular formula is C17H17NO2. The molecule has 1 fully saturated rings. The van der Waals surface area contributed by atoms with Crippen molar-refractivity contribution in [2.24, 2.45) is 0 Å². The molecule has 4 rings (SSSR count). The number of Topliss-reactive ketones (excluding diaryl/α,β-unsaturated/α-hetero) is 1. The van der Waals surface area contributed by atoms with Crippen molar-refractivity contribution in [1.82, 2.24) is 0 Å². The monoisotopic (exact) mass is 267 g/mol. The van der Waals surface area contributed by atoms with Crippen LogP contribution in [-0.4, -0.2) is 32.1 Å². The number of hydrogen-bond acceptors (Lipinski definition) is 3. The van der Waals surface area contributed by atoms with Crippen molar-refractivity contribution >= 4 is 22.2 Å². The Morgan fingerprint density at radius 1 is 1.05 bits per heavy atom. The second-order valence-corrected chi connectivity index (χ2v) is 5.50. The summed E-state index contributed by atoms with van der Waals surface area (Å²) in [4.78, 5) is 14.5. The number of morpholine rings is 1. The first-order valence-corrected chi connectivity index (χ1v) is 7.25. The van der Waals surface area contributed by atoms with Crippen LogP contribution in [0.25, 0.3) is 10.8 Å². The summed E-state index contributed by atoms with van der Waals surface area (Å²) in [5, 5.41) is 2.44. The molecule has 3 nitrogen and oxygen atoms in total. The van der Waals surface area contributed by atoms with Crippen molar-refractivity contribution in [3.63, 3.8) is 0 Å². The van der Waals surface area contributed by atoms with E-state index in [4.69, 9.17) is 4.74 Å². The second-order valence-electron chi connectivity index (χ2n) is 5.50. The molecule has 1 saturated heterocycles. The first-order valence-electron chi connectivity index (χ1n) is 7.25. The van der Waals surface area contributed by atoms with E-state index < -0.39 is 0 Å². The SMILES string of the molecule is O=C1CCc2c1cc1ccccc1c2N1CCOCC1. The van der Waals surface area contributed by atoms with Crippen LogP contribution in [-0.2, 0) is 11.2 Å².